The molecule has 4 aliphatic carbocycles. The minimum absolute atomic E-state index is 0.0146. The van der Waals surface area contributed by atoms with Gasteiger partial charge in [-0.05, 0) is 105 Å². The maximum absolute atomic E-state index is 12.9. The van der Waals surface area contributed by atoms with Crippen LogP contribution in [0.5, 0.6) is 5.75 Å². The Kier molecular flexibility index (Phi) is 6.61. The Labute approximate surface area is 221 Å². The van der Waals surface area contributed by atoms with E-state index in [9.17, 15) is 19.8 Å². The van der Waals surface area contributed by atoms with E-state index in [0.29, 0.717) is 29.6 Å². The van der Waals surface area contributed by atoms with E-state index in [1.54, 1.807) is 12.1 Å². The van der Waals surface area contributed by atoms with Crippen LogP contribution in [0.2, 0.25) is 0 Å². The monoisotopic (exact) mass is 516 g/mol. The van der Waals surface area contributed by atoms with Crippen molar-refractivity contribution in [2.75, 3.05) is 18.4 Å². The zero-order valence-electron chi connectivity index (χ0n) is 21.5. The van der Waals surface area contributed by atoms with Crippen molar-refractivity contribution < 1.29 is 15.0 Å². The molecule has 0 radical (unpaired) electrons. The number of benzene rings is 2. The molecule has 3 aromatic rings. The summed E-state index contributed by atoms with van der Waals surface area (Å²) in [5.41, 5.74) is 2.52. The highest BCUT2D eigenvalue weighted by molar-refractivity contribution is 5.90. The number of urea groups is 1. The Morgan fingerprint density at radius 1 is 1.03 bits per heavy atom. The molecule has 1 atom stereocenters. The molecule has 7 rings (SSSR count). The van der Waals surface area contributed by atoms with Crippen molar-refractivity contribution in [1.29, 1.82) is 0 Å². The first kappa shape index (κ1) is 24.9. The number of aliphatic hydroxyl groups is 1. The zero-order chi connectivity index (χ0) is 26.3. The number of aromatic amines is 1. The number of amides is 2. The van der Waals surface area contributed by atoms with Crippen molar-refractivity contribution in [3.63, 3.8) is 0 Å². The Morgan fingerprint density at radius 3 is 2.50 bits per heavy atom. The van der Waals surface area contributed by atoms with Gasteiger partial charge in [-0.2, -0.15) is 0 Å². The predicted molar refractivity (Wildman–Crippen MR) is 147 cm³/mol. The summed E-state index contributed by atoms with van der Waals surface area (Å²) in [6.07, 6.45) is 7.37. The summed E-state index contributed by atoms with van der Waals surface area (Å²) in [5.74, 6) is 2.33. The molecule has 4 saturated carbocycles. The maximum atomic E-state index is 12.9. The number of fused-ring (bicyclic) bond motifs is 1. The molecule has 4 fully saturated rings. The number of rotatable bonds is 8. The highest BCUT2D eigenvalue weighted by atomic mass is 16.3. The van der Waals surface area contributed by atoms with Crippen molar-refractivity contribution in [3.8, 4) is 5.75 Å². The number of pyridine rings is 1. The van der Waals surface area contributed by atoms with Gasteiger partial charge in [0.05, 0.1) is 11.6 Å². The van der Waals surface area contributed by atoms with Gasteiger partial charge < -0.3 is 31.1 Å². The lowest BCUT2D eigenvalue weighted by atomic mass is 9.53. The number of anilines is 1. The first-order valence-corrected chi connectivity index (χ1v) is 13.8. The fourth-order valence-electron chi connectivity index (χ4n) is 7.60. The summed E-state index contributed by atoms with van der Waals surface area (Å²) in [6, 6.07) is 14.0. The number of aromatic hydroxyl groups is 1. The lowest BCUT2D eigenvalue weighted by Gasteiger charge is -2.56. The Bertz CT molecular complexity index is 1370. The molecule has 2 aromatic carbocycles. The average Bonchev–Trinajstić information content (AvgIpc) is 2.86. The number of carbonyl (C=O) groups is 1. The summed E-state index contributed by atoms with van der Waals surface area (Å²) in [7, 11) is 0. The largest absolute Gasteiger partial charge is 0.506 e. The number of phenols is 1. The Morgan fingerprint density at radius 2 is 1.76 bits per heavy atom. The molecule has 1 aromatic heterocycles. The third kappa shape index (κ3) is 5.15. The number of nitrogens with one attached hydrogen (secondary N) is 4. The Hall–Kier alpha value is -3.36. The number of carbonyl (C=O) groups excluding carboxylic acids is 1. The number of H-pyrrole nitrogens is 1. The van der Waals surface area contributed by atoms with Crippen LogP contribution in [0.25, 0.3) is 10.9 Å². The van der Waals surface area contributed by atoms with Crippen molar-refractivity contribution in [2.24, 2.45) is 17.8 Å². The van der Waals surface area contributed by atoms with Crippen molar-refractivity contribution >= 4 is 22.6 Å². The highest BCUT2D eigenvalue weighted by Crippen LogP contribution is 2.55. The summed E-state index contributed by atoms with van der Waals surface area (Å²) in [4.78, 5) is 27.2. The van der Waals surface area contributed by atoms with Crippen molar-refractivity contribution in [2.45, 2.75) is 56.6 Å². The first-order chi connectivity index (χ1) is 18.4. The maximum Gasteiger partial charge on any atom is 0.319 e. The molecule has 4 bridgehead atoms. The van der Waals surface area contributed by atoms with Gasteiger partial charge in [-0.25, -0.2) is 4.79 Å². The van der Waals surface area contributed by atoms with Gasteiger partial charge in [-0.15, -0.1) is 0 Å². The summed E-state index contributed by atoms with van der Waals surface area (Å²) < 4.78 is 0. The van der Waals surface area contributed by atoms with Crippen LogP contribution in [0.15, 0.2) is 53.3 Å². The summed E-state index contributed by atoms with van der Waals surface area (Å²) in [5, 5.41) is 31.1. The summed E-state index contributed by atoms with van der Waals surface area (Å²) >= 11 is 0. The van der Waals surface area contributed by atoms with Crippen LogP contribution in [0, 0.1) is 17.8 Å². The summed E-state index contributed by atoms with van der Waals surface area (Å²) in [6.45, 7) is 0.969. The topological polar surface area (TPSA) is 126 Å². The molecule has 0 spiro atoms. The molecule has 2 amide bonds. The molecule has 8 heteroatoms. The molecular weight excluding hydrogens is 480 g/mol. The molecule has 1 unspecified atom stereocenters. The van der Waals surface area contributed by atoms with E-state index in [4.69, 9.17) is 0 Å². The van der Waals surface area contributed by atoms with Gasteiger partial charge >= 0.3 is 6.03 Å². The minimum Gasteiger partial charge on any atom is -0.506 e. The predicted octanol–water partition coefficient (Wildman–Crippen LogP) is 4.19. The van der Waals surface area contributed by atoms with Gasteiger partial charge in [0.2, 0.25) is 5.56 Å². The molecular formula is C30H36N4O4. The van der Waals surface area contributed by atoms with Crippen LogP contribution < -0.4 is 21.5 Å². The first-order valence-electron chi connectivity index (χ1n) is 13.8. The second-order valence-electron chi connectivity index (χ2n) is 11.7. The molecule has 1 heterocycles. The van der Waals surface area contributed by atoms with Crippen LogP contribution in [0.4, 0.5) is 10.5 Å². The van der Waals surface area contributed by atoms with Crippen LogP contribution in [-0.2, 0) is 6.42 Å². The van der Waals surface area contributed by atoms with Crippen LogP contribution in [0.3, 0.4) is 0 Å². The normalized spacial score (nSPS) is 26.4. The van der Waals surface area contributed by atoms with Gasteiger partial charge in [-0.3, -0.25) is 4.79 Å². The van der Waals surface area contributed by atoms with Crippen LogP contribution in [0.1, 0.15) is 55.8 Å². The van der Waals surface area contributed by atoms with E-state index in [0.717, 1.165) is 54.7 Å². The SMILES string of the molecule is O=C(Nc1cccc(CCNCC(O)c2ccc(O)c3[nH]c(=O)ccc23)c1)NC12CC3CC(CC(C3)C1)C2. The smallest absolute Gasteiger partial charge is 0.319 e. The molecule has 0 aliphatic heterocycles. The van der Waals surface area contributed by atoms with Crippen molar-refractivity contribution in [3.05, 3.63) is 70.0 Å². The van der Waals surface area contributed by atoms with E-state index >= 15 is 0 Å². The zero-order valence-corrected chi connectivity index (χ0v) is 21.5. The highest BCUT2D eigenvalue weighted by Gasteiger charge is 2.51. The Balaban J connectivity index is 1.01. The van der Waals surface area contributed by atoms with E-state index in [2.05, 4.69) is 20.9 Å². The van der Waals surface area contributed by atoms with Crippen molar-refractivity contribution in [1.82, 2.24) is 15.6 Å². The molecule has 4 aliphatic rings. The van der Waals surface area contributed by atoms with Gasteiger partial charge in [-0.1, -0.05) is 18.2 Å². The third-order valence-electron chi connectivity index (χ3n) is 8.80. The van der Waals surface area contributed by atoms with E-state index in [1.165, 1.54) is 31.4 Å². The fourth-order valence-corrected chi connectivity index (χ4v) is 7.60. The van der Waals surface area contributed by atoms with Crippen LogP contribution >= 0.6 is 0 Å². The lowest BCUT2D eigenvalue weighted by molar-refractivity contribution is -0.0127. The second-order valence-corrected chi connectivity index (χ2v) is 11.7. The van der Waals surface area contributed by atoms with E-state index < -0.39 is 6.10 Å². The van der Waals surface area contributed by atoms with Gasteiger partial charge in [0.1, 0.15) is 5.75 Å². The minimum atomic E-state index is -0.801. The van der Waals surface area contributed by atoms with E-state index in [-0.39, 0.29) is 22.9 Å². The standard InChI is InChI=1S/C30H36N4O4/c35-25-6-4-23(24-5-7-27(37)33-28(24)25)26(36)17-31-9-8-18-2-1-3-22(13-18)32-29(38)34-30-14-19-10-20(15-30)12-21(11-19)16-30/h1-7,13,19-21,26,31,35-36H,8-12,14-17H2,(H,33,37)(H2,32,34,38). The number of aliphatic hydroxyl groups excluding tert-OH is 1. The van der Waals surface area contributed by atoms with Gasteiger partial charge in [0.15, 0.2) is 0 Å². The number of aromatic nitrogens is 1. The second kappa shape index (κ2) is 10.1. The molecule has 8 nitrogen and oxygen atoms in total. The average molecular weight is 517 g/mol. The van der Waals surface area contributed by atoms with Gasteiger partial charge in [0, 0.05) is 29.2 Å². The van der Waals surface area contributed by atoms with Gasteiger partial charge in [0.25, 0.3) is 0 Å². The lowest BCUT2D eigenvalue weighted by Crippen LogP contribution is -2.60. The molecule has 200 valence electrons. The molecule has 0 saturated heterocycles. The quantitative estimate of drug-likeness (QED) is 0.250. The molecule has 6 N–H and O–H groups in total. The number of hydrogen-bond acceptors (Lipinski definition) is 5. The number of hydrogen-bond donors (Lipinski definition) is 6. The number of phenolic OH excluding ortho intramolecular Hbond substituents is 1. The fraction of sp³-hybridized carbons (Fsp3) is 0.467. The molecule has 38 heavy (non-hydrogen) atoms. The van der Waals surface area contributed by atoms with E-state index in [1.807, 2.05) is 24.3 Å². The van der Waals surface area contributed by atoms with Crippen LogP contribution in [-0.4, -0.2) is 39.9 Å². The third-order valence-corrected chi connectivity index (χ3v) is 8.80.